The number of nitrogens with zero attached hydrogens (tertiary/aromatic N) is 3. The zero-order chi connectivity index (χ0) is 43.2. The van der Waals surface area contributed by atoms with E-state index in [1.807, 2.05) is 0 Å². The summed E-state index contributed by atoms with van der Waals surface area (Å²) in [6, 6.07) is 44.1. The number of aliphatic hydroxyl groups is 4. The van der Waals surface area contributed by atoms with Crippen LogP contribution in [0.25, 0.3) is 0 Å². The van der Waals surface area contributed by atoms with Crippen molar-refractivity contribution in [3.63, 3.8) is 0 Å². The summed E-state index contributed by atoms with van der Waals surface area (Å²) in [5.74, 6) is 0. The molecule has 0 aliphatic heterocycles. The summed E-state index contributed by atoms with van der Waals surface area (Å²) in [7, 11) is -5.60. The first-order valence-electron chi connectivity index (χ1n) is 16.9. The Kier molecular flexibility index (Phi) is 21.4. The Balaban J connectivity index is 0.00000118. The molecule has 17 nitrogen and oxygen atoms in total. The van der Waals surface area contributed by atoms with Crippen molar-refractivity contribution in [3.05, 3.63) is 152 Å². The van der Waals surface area contributed by atoms with Gasteiger partial charge in [0.2, 0.25) is 0 Å². The molecule has 0 heterocycles. The maximum Gasteiger partial charge on any atom is 0.291 e. The van der Waals surface area contributed by atoms with E-state index in [-0.39, 0.29) is 10.1 Å². The van der Waals surface area contributed by atoms with Gasteiger partial charge in [-0.25, -0.2) is 0 Å². The van der Waals surface area contributed by atoms with Gasteiger partial charge in [-0.2, -0.15) is 0 Å². The summed E-state index contributed by atoms with van der Waals surface area (Å²) in [6.07, 6.45) is 0. The van der Waals surface area contributed by atoms with Crippen molar-refractivity contribution in [1.29, 1.82) is 0 Å². The summed E-state index contributed by atoms with van der Waals surface area (Å²) in [6.45, 7) is 12.6. The predicted molar refractivity (Wildman–Crippen MR) is 213 cm³/mol. The van der Waals surface area contributed by atoms with Crippen LogP contribution in [-0.4, -0.2) is 94.4 Å². The van der Waals surface area contributed by atoms with Gasteiger partial charge in [-0.1, -0.05) is 163 Å². The van der Waals surface area contributed by atoms with Crippen LogP contribution in [0.3, 0.4) is 0 Å². The van der Waals surface area contributed by atoms with Crippen molar-refractivity contribution < 1.29 is 55.4 Å². The Bertz CT molecular complexity index is 1470. The lowest BCUT2D eigenvalue weighted by Gasteiger charge is -2.53. The van der Waals surface area contributed by atoms with Crippen LogP contribution in [0.15, 0.2) is 121 Å². The average molecular weight is 820 g/mol. The van der Waals surface area contributed by atoms with E-state index in [1.165, 1.54) is 20.7 Å². The van der Waals surface area contributed by atoms with Gasteiger partial charge in [-0.15, -0.1) is 30.3 Å². The van der Waals surface area contributed by atoms with E-state index in [0.717, 1.165) is 0 Å². The highest BCUT2D eigenvalue weighted by molar-refractivity contribution is 7.11. The third-order valence-electron chi connectivity index (χ3n) is 8.48. The number of rotatable bonds is 10. The number of benzene rings is 4. The Hall–Kier alpha value is -5.29. The topological polar surface area (TPSA) is 280 Å². The van der Waals surface area contributed by atoms with Crippen molar-refractivity contribution >= 4 is 37.4 Å². The van der Waals surface area contributed by atoms with E-state index in [0.29, 0.717) is 0 Å². The standard InChI is InChI=1S/C32H38OSi2.C5H12O4.3HNO3/c1-31(2,3)34(27-19-11-7-12-20-27,28-21-13-8-14-22-28)33-35(32(4,5)6,29-23-15-9-16-24-29)30-25-17-10-18-26-30;6-1-5(2-7,3-8)4-9;3*2-1(3)4/h7-26H,1-6H3;6-9H,1-4H2;3*(H,2,3,4). The van der Waals surface area contributed by atoms with Gasteiger partial charge in [-0.3, -0.25) is 0 Å². The summed E-state index contributed by atoms with van der Waals surface area (Å²) in [4.78, 5) is 25.1. The number of hydrogen-bond acceptors (Lipinski definition) is 11. The van der Waals surface area contributed by atoms with Crippen molar-refractivity contribution in [1.82, 2.24) is 0 Å². The second-order valence-electron chi connectivity index (χ2n) is 14.3. The number of hydrogen-bond donors (Lipinski definition) is 7. The van der Waals surface area contributed by atoms with Crippen LogP contribution in [0.1, 0.15) is 41.5 Å². The smallest absolute Gasteiger partial charge is 0.291 e. The van der Waals surface area contributed by atoms with Gasteiger partial charge >= 0.3 is 0 Å². The fourth-order valence-corrected chi connectivity index (χ4v) is 18.8. The minimum absolute atomic E-state index is 0.0945. The quantitative estimate of drug-likeness (QED) is 0.0688. The molecule has 4 aromatic rings. The van der Waals surface area contributed by atoms with Crippen LogP contribution in [0.2, 0.25) is 10.1 Å². The lowest BCUT2D eigenvalue weighted by Crippen LogP contribution is -2.78. The molecule has 0 aromatic heterocycles. The first-order valence-corrected chi connectivity index (χ1v) is 20.7. The Morgan fingerprint density at radius 2 is 0.607 bits per heavy atom. The fourth-order valence-electron chi connectivity index (χ4n) is 5.83. The van der Waals surface area contributed by atoms with E-state index in [1.54, 1.807) is 0 Å². The van der Waals surface area contributed by atoms with Gasteiger partial charge in [0.25, 0.3) is 31.9 Å². The molecular formula is C37H53N3O14Si2. The molecule has 4 aromatic carbocycles. The molecule has 0 aliphatic rings. The number of aliphatic hydroxyl groups excluding tert-OH is 4. The largest absolute Gasteiger partial charge is 0.441 e. The highest BCUT2D eigenvalue weighted by Gasteiger charge is 2.60. The molecule has 19 heteroatoms. The molecule has 7 N–H and O–H groups in total. The first kappa shape index (κ1) is 50.7. The second kappa shape index (κ2) is 23.6. The molecule has 0 spiro atoms. The van der Waals surface area contributed by atoms with Gasteiger partial charge in [-0.05, 0) is 30.8 Å². The summed E-state index contributed by atoms with van der Waals surface area (Å²) in [5, 5.41) is 80.0. The molecule has 0 fully saturated rings. The van der Waals surface area contributed by atoms with Gasteiger partial charge in [0.15, 0.2) is 0 Å². The zero-order valence-electron chi connectivity index (χ0n) is 32.2. The third kappa shape index (κ3) is 14.7. The van der Waals surface area contributed by atoms with Gasteiger partial charge in [0.1, 0.15) is 0 Å². The van der Waals surface area contributed by atoms with E-state index in [9.17, 15) is 0 Å². The monoisotopic (exact) mass is 819 g/mol. The van der Waals surface area contributed by atoms with Crippen LogP contribution >= 0.6 is 0 Å². The maximum atomic E-state index is 8.50. The maximum absolute atomic E-state index is 8.50. The molecule has 0 unspecified atom stereocenters. The SMILES string of the molecule is CC(C)(C)[Si](O[Si](c1ccccc1)(c1ccccc1)C(C)(C)C)(c1ccccc1)c1ccccc1.O=[N+]([O-])O.O=[N+]([O-])O.O=[N+]([O-])O.OCC(CO)(CO)CO. The van der Waals surface area contributed by atoms with E-state index in [4.69, 9.17) is 70.5 Å². The van der Waals surface area contributed by atoms with Gasteiger partial charge in [0, 0.05) is 0 Å². The minimum atomic E-state index is -2.80. The highest BCUT2D eigenvalue weighted by Crippen LogP contribution is 2.44. The normalized spacial score (nSPS) is 11.3. The molecule has 0 atom stereocenters. The zero-order valence-corrected chi connectivity index (χ0v) is 34.2. The van der Waals surface area contributed by atoms with Crippen LogP contribution in [0.5, 0.6) is 0 Å². The van der Waals surface area contributed by atoms with Gasteiger partial charge < -0.3 is 40.2 Å². The molecule has 4 rings (SSSR count). The van der Waals surface area contributed by atoms with E-state index < -0.39 is 63.7 Å². The van der Waals surface area contributed by atoms with Crippen LogP contribution in [0.4, 0.5) is 0 Å². The fraction of sp³-hybridized carbons (Fsp3) is 0.351. The van der Waals surface area contributed by atoms with Gasteiger partial charge in [0.05, 0.1) is 31.8 Å². The Morgan fingerprint density at radius 1 is 0.446 bits per heavy atom. The average Bonchev–Trinajstić information content (AvgIpc) is 3.13. The lowest BCUT2D eigenvalue weighted by molar-refractivity contribution is -0.742. The highest BCUT2D eigenvalue weighted by atomic mass is 28.4. The molecule has 56 heavy (non-hydrogen) atoms. The molecule has 0 saturated heterocycles. The summed E-state index contributed by atoms with van der Waals surface area (Å²) in [5.41, 5.74) is -1.11. The van der Waals surface area contributed by atoms with Crippen LogP contribution in [-0.2, 0) is 4.12 Å². The second-order valence-corrected chi connectivity index (χ2v) is 23.1. The molecule has 0 aliphatic carbocycles. The van der Waals surface area contributed by atoms with Crippen molar-refractivity contribution in [3.8, 4) is 0 Å². The molecule has 308 valence electrons. The van der Waals surface area contributed by atoms with E-state index >= 15 is 0 Å². The van der Waals surface area contributed by atoms with Crippen molar-refractivity contribution in [2.24, 2.45) is 5.41 Å². The third-order valence-corrected chi connectivity index (χ3v) is 19.7. The lowest BCUT2D eigenvalue weighted by atomic mass is 9.93. The Morgan fingerprint density at radius 3 is 0.714 bits per heavy atom. The van der Waals surface area contributed by atoms with Crippen LogP contribution < -0.4 is 20.7 Å². The predicted octanol–water partition coefficient (Wildman–Crippen LogP) is 3.02. The molecule has 0 saturated carbocycles. The molecule has 0 amide bonds. The van der Waals surface area contributed by atoms with Crippen molar-refractivity contribution in [2.75, 3.05) is 26.4 Å². The molecular weight excluding hydrogens is 767 g/mol. The molecule has 0 radical (unpaired) electrons. The minimum Gasteiger partial charge on any atom is -0.441 e. The van der Waals surface area contributed by atoms with Crippen LogP contribution in [0, 0.1) is 35.8 Å². The van der Waals surface area contributed by atoms with Crippen molar-refractivity contribution in [2.45, 2.75) is 51.6 Å². The summed E-state index contributed by atoms with van der Waals surface area (Å²) < 4.78 is 8.18. The van der Waals surface area contributed by atoms with E-state index in [2.05, 4.69) is 163 Å². The Labute approximate surface area is 327 Å². The molecule has 0 bridgehead atoms. The summed E-state index contributed by atoms with van der Waals surface area (Å²) >= 11 is 0. The first-order chi connectivity index (χ1) is 26.1.